The third kappa shape index (κ3) is 13.5. The molecular weight excluding hydrogens is 558 g/mol. The number of nitrogens with zero attached hydrogens (tertiary/aromatic N) is 1. The summed E-state index contributed by atoms with van der Waals surface area (Å²) in [6.07, 6.45) is 4.67. The average molecular weight is 605 g/mol. The van der Waals surface area contributed by atoms with Crippen molar-refractivity contribution in [2.45, 2.75) is 125 Å². The topological polar surface area (TPSA) is 149 Å². The maximum Gasteiger partial charge on any atom is 0.335 e. The van der Waals surface area contributed by atoms with Crippen LogP contribution in [0, 0.1) is 10.8 Å². The first kappa shape index (κ1) is 46.4. The minimum atomic E-state index is -1.30. The summed E-state index contributed by atoms with van der Waals surface area (Å²) in [6.45, 7) is 6.35. The van der Waals surface area contributed by atoms with E-state index in [1.807, 2.05) is 0 Å². The van der Waals surface area contributed by atoms with Crippen LogP contribution in [-0.2, 0) is 33.4 Å². The zero-order valence-electron chi connectivity index (χ0n) is 25.3. The molecule has 11 radical (unpaired) electrons. The summed E-state index contributed by atoms with van der Waals surface area (Å²) in [5.74, 6) is -2.03. The maximum absolute atomic E-state index is 12.6. The molecule has 1 saturated heterocycles. The number of Topliss-reactive ketones (excluding diaryl/α,β-unsaturated/α-hetero) is 1. The Bertz CT molecular complexity index is 892. The molecule has 3 aliphatic rings. The third-order valence-electron chi connectivity index (χ3n) is 7.21. The number of aliphatic hydroxyl groups is 1. The van der Waals surface area contributed by atoms with Gasteiger partial charge in [-0.3, -0.25) is 14.4 Å². The number of aliphatic hydroxyl groups excluding tert-OH is 1. The highest BCUT2D eigenvalue weighted by Crippen LogP contribution is 2.44. The van der Waals surface area contributed by atoms with Crippen molar-refractivity contribution in [3.05, 3.63) is 0 Å². The molecule has 2 saturated carbocycles. The van der Waals surface area contributed by atoms with Crippen molar-refractivity contribution in [2.75, 3.05) is 6.61 Å². The second-order valence-corrected chi connectivity index (χ2v) is 10.4. The molecule has 1 spiro atoms. The molecule has 2 N–H and O–H groups in total. The van der Waals surface area contributed by atoms with E-state index < -0.39 is 47.1 Å². The molecule has 0 aromatic heterocycles. The van der Waals surface area contributed by atoms with Crippen LogP contribution in [0.2, 0.25) is 0 Å². The fourth-order valence-corrected chi connectivity index (χ4v) is 5.31. The van der Waals surface area contributed by atoms with Crippen molar-refractivity contribution in [1.29, 1.82) is 0 Å². The van der Waals surface area contributed by atoms with Gasteiger partial charge in [-0.15, -0.1) is 0 Å². The minimum Gasteiger partial charge on any atom is -0.465 e. The predicted molar refractivity (Wildman–Crippen MR) is 178 cm³/mol. The fraction of sp³-hybridized carbons (Fsp3) is 0.815. The molecule has 0 unspecified atom stereocenters. The first-order chi connectivity index (χ1) is 19.7. The number of ketones is 1. The summed E-state index contributed by atoms with van der Waals surface area (Å²) in [5, 5.41) is 21.3. The van der Waals surface area contributed by atoms with Gasteiger partial charge in [-0.2, -0.15) is 0 Å². The van der Waals surface area contributed by atoms with Crippen LogP contribution in [0.5, 0.6) is 0 Å². The largest absolute Gasteiger partial charge is 0.465 e. The number of esters is 3. The summed E-state index contributed by atoms with van der Waals surface area (Å²) in [6, 6.07) is 0. The van der Waals surface area contributed by atoms with Gasteiger partial charge in [0.1, 0.15) is 28.7 Å². The van der Waals surface area contributed by atoms with E-state index in [1.54, 1.807) is 13.8 Å². The normalized spacial score (nSPS) is 21.2. The van der Waals surface area contributed by atoms with E-state index in [0.29, 0.717) is 18.6 Å². The highest BCUT2D eigenvalue weighted by molar-refractivity contribution is 7.49. The van der Waals surface area contributed by atoms with Crippen molar-refractivity contribution in [2.24, 2.45) is 16.0 Å². The number of rotatable bonds is 6. The standard InChI is InChI=1S/C15H24O6.C10H15NO3.2CH4.B4.B3/c1-4-20-14(19)15(8-6-5-7-9-15)12(17)11(3)21-13(18)10(2)16;1-7-8(11-13)10(9(12)14-7)5-3-2-4-6-10;;;1-4(2)3;1-3-2/h10-11,16H,4-9H2,1-3H3;7,13H,2-6H2,1H3;2*1H4;;/t10-,11-;7-;;;;/m00..../s1. The molecule has 3 fully saturated rings. The molecule has 1 heterocycles. The fourth-order valence-electron chi connectivity index (χ4n) is 5.31. The van der Waals surface area contributed by atoms with Crippen molar-refractivity contribution in [3.8, 4) is 0 Å². The summed E-state index contributed by atoms with van der Waals surface area (Å²) in [4.78, 5) is 48.0. The SMILES string of the molecule is C.C.CCOC(=O)C1(C(=O)[C@H](C)OC(=O)[C@H](C)O)CCCCC1.C[C@@H]1OC(=O)C2(CCCCC2)C1=NO.[B]B([B])[B].[B][B][B]. The molecule has 0 aromatic carbocycles. The maximum atomic E-state index is 12.6. The number of carbonyl (C=O) groups is 4. The van der Waals surface area contributed by atoms with Gasteiger partial charge >= 0.3 is 17.9 Å². The van der Waals surface area contributed by atoms with E-state index >= 15 is 0 Å². The Kier molecular flexibility index (Phi) is 24.6. The molecule has 10 nitrogen and oxygen atoms in total. The molecule has 0 bridgehead atoms. The molecule has 235 valence electrons. The monoisotopic (exact) mass is 606 g/mol. The second kappa shape index (κ2) is 23.3. The van der Waals surface area contributed by atoms with Crippen molar-refractivity contribution in [1.82, 2.24) is 0 Å². The highest BCUT2D eigenvalue weighted by atomic mass is 16.6. The van der Waals surface area contributed by atoms with Gasteiger partial charge in [-0.1, -0.05) is 58.5 Å². The molecule has 1 aliphatic heterocycles. The third-order valence-corrected chi connectivity index (χ3v) is 7.21. The van der Waals surface area contributed by atoms with Crippen molar-refractivity contribution in [3.63, 3.8) is 0 Å². The Morgan fingerprint density at radius 3 is 1.84 bits per heavy atom. The number of hydrogen-bond donors (Lipinski definition) is 2. The van der Waals surface area contributed by atoms with E-state index in [9.17, 15) is 19.2 Å². The first-order valence-corrected chi connectivity index (χ1v) is 14.3. The Hall–Kier alpha value is -2.04. The van der Waals surface area contributed by atoms with Crippen LogP contribution in [0.3, 0.4) is 0 Å². The van der Waals surface area contributed by atoms with Gasteiger partial charge in [0.15, 0.2) is 11.9 Å². The van der Waals surface area contributed by atoms with E-state index in [4.69, 9.17) is 24.5 Å². The summed E-state index contributed by atoms with van der Waals surface area (Å²) in [5.41, 5.74) is -1.28. The number of hydrogen-bond acceptors (Lipinski definition) is 10. The number of carbonyl (C=O) groups excluding carboxylic acids is 4. The van der Waals surface area contributed by atoms with Gasteiger partial charge in [0.25, 0.3) is 0 Å². The first-order valence-electron chi connectivity index (χ1n) is 14.3. The van der Waals surface area contributed by atoms with Crippen LogP contribution in [0.4, 0.5) is 0 Å². The van der Waals surface area contributed by atoms with E-state index in [0.717, 1.165) is 58.4 Å². The lowest BCUT2D eigenvalue weighted by atomic mass is 9.08. The predicted octanol–water partition coefficient (Wildman–Crippen LogP) is 1.70. The molecule has 3 atom stereocenters. The Morgan fingerprint density at radius 2 is 1.45 bits per heavy atom. The second-order valence-electron chi connectivity index (χ2n) is 10.4. The van der Waals surface area contributed by atoms with E-state index in [2.05, 4.69) is 43.8 Å². The summed E-state index contributed by atoms with van der Waals surface area (Å²) >= 11 is 0. The van der Waals surface area contributed by atoms with Gasteiger partial charge in [0.2, 0.25) is 0 Å². The van der Waals surface area contributed by atoms with Crippen molar-refractivity contribution >= 4 is 81.5 Å². The number of cyclic esters (lactones) is 1. The van der Waals surface area contributed by atoms with Gasteiger partial charge in [-0.05, 0) is 53.4 Å². The lowest BCUT2D eigenvalue weighted by Crippen LogP contribution is -2.48. The van der Waals surface area contributed by atoms with Gasteiger partial charge in [0.05, 0.1) is 6.61 Å². The minimum absolute atomic E-state index is 0. The molecule has 44 heavy (non-hydrogen) atoms. The van der Waals surface area contributed by atoms with Gasteiger partial charge < -0.3 is 24.5 Å². The lowest BCUT2D eigenvalue weighted by molar-refractivity contribution is -0.173. The van der Waals surface area contributed by atoms with Crippen LogP contribution in [0.25, 0.3) is 0 Å². The van der Waals surface area contributed by atoms with E-state index in [1.165, 1.54) is 13.8 Å². The Labute approximate surface area is 272 Å². The summed E-state index contributed by atoms with van der Waals surface area (Å²) in [7, 11) is 24.0. The van der Waals surface area contributed by atoms with Crippen molar-refractivity contribution < 1.29 is 43.7 Å². The molecule has 2 aliphatic carbocycles. The smallest absolute Gasteiger partial charge is 0.335 e. The van der Waals surface area contributed by atoms with Crippen LogP contribution < -0.4 is 0 Å². The molecule has 0 amide bonds. The Balaban J connectivity index is -0.000000630. The molecule has 17 heteroatoms. The number of ether oxygens (including phenoxy) is 3. The van der Waals surface area contributed by atoms with E-state index in [-0.39, 0.29) is 33.5 Å². The zero-order valence-corrected chi connectivity index (χ0v) is 25.3. The van der Waals surface area contributed by atoms with Gasteiger partial charge in [-0.25, -0.2) is 4.79 Å². The average Bonchev–Trinajstić information content (AvgIpc) is 3.16. The zero-order chi connectivity index (χ0) is 32.5. The molecule has 3 rings (SSSR count). The van der Waals surface area contributed by atoms with Crippen LogP contribution in [0.1, 0.15) is 107 Å². The van der Waals surface area contributed by atoms with Gasteiger partial charge in [0, 0.05) is 52.1 Å². The highest BCUT2D eigenvalue weighted by Gasteiger charge is 2.54. The molecule has 0 aromatic rings. The quantitative estimate of drug-likeness (QED) is 0.115. The summed E-state index contributed by atoms with van der Waals surface area (Å²) < 4.78 is 15.1. The van der Waals surface area contributed by atoms with Crippen LogP contribution in [0.15, 0.2) is 5.16 Å². The Morgan fingerprint density at radius 1 is 1.02 bits per heavy atom. The molecular formula is C27H47B7NO9. The van der Waals surface area contributed by atoms with Crippen LogP contribution in [-0.4, -0.2) is 117 Å². The van der Waals surface area contributed by atoms with Crippen LogP contribution >= 0.6 is 0 Å². The lowest BCUT2D eigenvalue weighted by Gasteiger charge is -2.34. The number of oxime groups is 1.